The van der Waals surface area contributed by atoms with Crippen LogP contribution in [0.5, 0.6) is 0 Å². The van der Waals surface area contributed by atoms with Gasteiger partial charge in [-0.3, -0.25) is 0 Å². The van der Waals surface area contributed by atoms with Gasteiger partial charge in [0, 0.05) is 19.2 Å². The summed E-state index contributed by atoms with van der Waals surface area (Å²) in [6.07, 6.45) is 4.11. The Labute approximate surface area is 155 Å². The van der Waals surface area contributed by atoms with Gasteiger partial charge in [0.1, 0.15) is 4.21 Å². The van der Waals surface area contributed by atoms with Crippen molar-refractivity contribution in [2.24, 2.45) is 11.8 Å². The Morgan fingerprint density at radius 1 is 1.19 bits per heavy atom. The highest BCUT2D eigenvalue weighted by atomic mass is 32.2. The van der Waals surface area contributed by atoms with Gasteiger partial charge >= 0.3 is 6.09 Å². The van der Waals surface area contributed by atoms with Gasteiger partial charge in [0.2, 0.25) is 10.0 Å². The van der Waals surface area contributed by atoms with Crippen LogP contribution < -0.4 is 10.0 Å². The van der Waals surface area contributed by atoms with Crippen LogP contribution in [0.15, 0.2) is 33.1 Å². The molecule has 1 aliphatic rings. The summed E-state index contributed by atoms with van der Waals surface area (Å²) >= 11 is 1.15. The van der Waals surface area contributed by atoms with E-state index in [4.69, 9.17) is 9.63 Å². The van der Waals surface area contributed by atoms with Crippen molar-refractivity contribution in [3.05, 3.63) is 24.4 Å². The topological polar surface area (TPSA) is 122 Å². The number of amides is 1. The molecular weight excluding hydrogens is 378 g/mol. The number of aromatic nitrogens is 1. The molecule has 10 heteroatoms. The highest BCUT2D eigenvalue weighted by Gasteiger charge is 2.24. The fraction of sp³-hybridized carbons (Fsp3) is 0.500. The highest BCUT2D eigenvalue weighted by Crippen LogP contribution is 2.31. The number of carbonyl (C=O) groups is 1. The third kappa shape index (κ3) is 4.83. The fourth-order valence-electron chi connectivity index (χ4n) is 3.11. The van der Waals surface area contributed by atoms with Crippen molar-refractivity contribution in [1.82, 2.24) is 15.2 Å². The number of sulfonamides is 1. The lowest BCUT2D eigenvalue weighted by Crippen LogP contribution is -2.34. The van der Waals surface area contributed by atoms with Crippen molar-refractivity contribution in [2.75, 3.05) is 13.1 Å². The van der Waals surface area contributed by atoms with Crippen LogP contribution >= 0.6 is 11.3 Å². The molecule has 2 aromatic heterocycles. The van der Waals surface area contributed by atoms with Gasteiger partial charge in [0.05, 0.1) is 11.1 Å². The van der Waals surface area contributed by atoms with E-state index in [1.807, 2.05) is 0 Å². The monoisotopic (exact) mass is 399 g/mol. The molecule has 1 aliphatic carbocycles. The summed E-state index contributed by atoms with van der Waals surface area (Å²) in [6.45, 7) is 0.865. The van der Waals surface area contributed by atoms with Crippen molar-refractivity contribution >= 4 is 27.5 Å². The molecule has 0 radical (unpaired) electrons. The molecule has 0 aromatic carbocycles. The van der Waals surface area contributed by atoms with Gasteiger partial charge in [-0.25, -0.2) is 17.9 Å². The first-order valence-electron chi connectivity index (χ1n) is 8.41. The molecule has 3 rings (SSSR count). The molecule has 0 saturated heterocycles. The maximum absolute atomic E-state index is 12.5. The molecule has 1 amide bonds. The van der Waals surface area contributed by atoms with E-state index < -0.39 is 16.1 Å². The molecule has 3 N–H and O–H groups in total. The van der Waals surface area contributed by atoms with Crippen molar-refractivity contribution < 1.29 is 22.8 Å². The van der Waals surface area contributed by atoms with E-state index in [0.717, 1.165) is 37.0 Å². The second-order valence-electron chi connectivity index (χ2n) is 6.42. The average Bonchev–Trinajstić information content (AvgIpc) is 3.30. The Balaban J connectivity index is 1.49. The van der Waals surface area contributed by atoms with E-state index in [-0.39, 0.29) is 10.1 Å². The quantitative estimate of drug-likeness (QED) is 0.658. The van der Waals surface area contributed by atoms with Gasteiger partial charge in [-0.15, -0.1) is 11.3 Å². The first kappa shape index (κ1) is 18.9. The first-order chi connectivity index (χ1) is 12.4. The molecule has 1 saturated carbocycles. The normalized spacial score (nSPS) is 20.8. The predicted octanol–water partition coefficient (Wildman–Crippen LogP) is 2.76. The number of nitrogens with one attached hydrogen (secondary N) is 2. The van der Waals surface area contributed by atoms with Gasteiger partial charge in [-0.2, -0.15) is 0 Å². The molecule has 0 atom stereocenters. The minimum Gasteiger partial charge on any atom is -0.465 e. The van der Waals surface area contributed by atoms with E-state index in [0.29, 0.717) is 29.6 Å². The summed E-state index contributed by atoms with van der Waals surface area (Å²) < 4.78 is 33.0. The molecule has 142 valence electrons. The summed E-state index contributed by atoms with van der Waals surface area (Å²) in [5.41, 5.74) is 0. The third-order valence-electron chi connectivity index (χ3n) is 4.60. The lowest BCUT2D eigenvalue weighted by Gasteiger charge is -2.28. The van der Waals surface area contributed by atoms with Gasteiger partial charge in [0.15, 0.2) is 5.76 Å². The Bertz CT molecular complexity index is 824. The third-order valence-corrected chi connectivity index (χ3v) is 7.61. The van der Waals surface area contributed by atoms with Crippen LogP contribution in [-0.2, 0) is 10.0 Å². The number of hydrogen-bond donors (Lipinski definition) is 3. The molecule has 8 nitrogen and oxygen atoms in total. The zero-order valence-corrected chi connectivity index (χ0v) is 15.7. The van der Waals surface area contributed by atoms with Crippen LogP contribution in [-0.4, -0.2) is 37.9 Å². The van der Waals surface area contributed by atoms with Crippen molar-refractivity contribution in [2.45, 2.75) is 29.9 Å². The molecule has 2 aromatic rings. The maximum atomic E-state index is 12.5. The van der Waals surface area contributed by atoms with Crippen LogP contribution in [0.4, 0.5) is 4.79 Å². The van der Waals surface area contributed by atoms with Crippen molar-refractivity contribution in [3.8, 4) is 10.6 Å². The molecule has 0 aliphatic heterocycles. The number of nitrogens with zero attached hydrogens (tertiary/aromatic N) is 1. The largest absolute Gasteiger partial charge is 0.465 e. The number of thiophene rings is 1. The second kappa shape index (κ2) is 8.19. The van der Waals surface area contributed by atoms with E-state index in [9.17, 15) is 13.2 Å². The summed E-state index contributed by atoms with van der Waals surface area (Å²) in [5, 5.41) is 14.7. The van der Waals surface area contributed by atoms with Crippen LogP contribution in [0.25, 0.3) is 10.6 Å². The van der Waals surface area contributed by atoms with Crippen LogP contribution in [0, 0.1) is 11.8 Å². The standard InChI is InChI=1S/C16H21N3O5S2/c20-16(21)17-9-11-1-3-12(4-2-11)10-19-26(22,23)15-6-5-14(25-15)13-7-8-18-24-13/h5-8,11-12,17,19H,1-4,9-10H2,(H,20,21). The highest BCUT2D eigenvalue weighted by molar-refractivity contribution is 7.91. The lowest BCUT2D eigenvalue weighted by atomic mass is 9.82. The summed E-state index contributed by atoms with van der Waals surface area (Å²) in [5.74, 6) is 1.16. The van der Waals surface area contributed by atoms with E-state index in [1.165, 1.54) is 6.20 Å². The number of hydrogen-bond acceptors (Lipinski definition) is 6. The summed E-state index contributed by atoms with van der Waals surface area (Å²) in [7, 11) is -3.55. The second-order valence-corrected chi connectivity index (χ2v) is 9.50. The Hall–Kier alpha value is -1.91. The molecular formula is C16H21N3O5S2. The molecule has 0 bridgehead atoms. The molecule has 0 unspecified atom stereocenters. The van der Waals surface area contributed by atoms with Gasteiger partial charge in [-0.1, -0.05) is 5.16 Å². The Kier molecular flexibility index (Phi) is 5.94. The van der Waals surface area contributed by atoms with Crippen molar-refractivity contribution in [3.63, 3.8) is 0 Å². The van der Waals surface area contributed by atoms with Gasteiger partial charge < -0.3 is 14.9 Å². The van der Waals surface area contributed by atoms with Crippen molar-refractivity contribution in [1.29, 1.82) is 0 Å². The number of carboxylic acid groups (broad SMARTS) is 1. The predicted molar refractivity (Wildman–Crippen MR) is 96.5 cm³/mol. The van der Waals surface area contributed by atoms with Crippen LogP contribution in [0.1, 0.15) is 25.7 Å². The molecule has 0 spiro atoms. The maximum Gasteiger partial charge on any atom is 0.404 e. The Morgan fingerprint density at radius 2 is 1.88 bits per heavy atom. The smallest absolute Gasteiger partial charge is 0.404 e. The SMILES string of the molecule is O=C(O)NCC1CCC(CNS(=O)(=O)c2ccc(-c3ccno3)s2)CC1. The van der Waals surface area contributed by atoms with E-state index >= 15 is 0 Å². The summed E-state index contributed by atoms with van der Waals surface area (Å²) in [6, 6.07) is 4.97. The lowest BCUT2D eigenvalue weighted by molar-refractivity contribution is 0.188. The molecule has 26 heavy (non-hydrogen) atoms. The van der Waals surface area contributed by atoms with E-state index in [2.05, 4.69) is 15.2 Å². The molecule has 1 fully saturated rings. The zero-order chi connectivity index (χ0) is 18.6. The first-order valence-corrected chi connectivity index (χ1v) is 10.7. The van der Waals surface area contributed by atoms with Gasteiger partial charge in [0.25, 0.3) is 0 Å². The number of rotatable bonds is 7. The van der Waals surface area contributed by atoms with Crippen LogP contribution in [0.3, 0.4) is 0 Å². The fourth-order valence-corrected chi connectivity index (χ4v) is 5.53. The van der Waals surface area contributed by atoms with Gasteiger partial charge in [-0.05, 0) is 49.7 Å². The molecule has 2 heterocycles. The minimum atomic E-state index is -3.55. The minimum absolute atomic E-state index is 0.253. The Morgan fingerprint density at radius 3 is 2.50 bits per heavy atom. The average molecular weight is 399 g/mol. The zero-order valence-electron chi connectivity index (χ0n) is 14.1. The van der Waals surface area contributed by atoms with Crippen LogP contribution in [0.2, 0.25) is 0 Å². The summed E-state index contributed by atoms with van der Waals surface area (Å²) in [4.78, 5) is 11.3. The van der Waals surface area contributed by atoms with E-state index in [1.54, 1.807) is 18.2 Å².